The van der Waals surface area contributed by atoms with Gasteiger partial charge in [0.15, 0.2) is 5.78 Å². The van der Waals surface area contributed by atoms with Crippen molar-refractivity contribution in [1.29, 1.82) is 0 Å². The van der Waals surface area contributed by atoms with Crippen molar-refractivity contribution in [2.24, 2.45) is 10.8 Å². The highest BCUT2D eigenvalue weighted by Gasteiger charge is 2.67. The van der Waals surface area contributed by atoms with Gasteiger partial charge in [0.25, 0.3) is 0 Å². The lowest BCUT2D eigenvalue weighted by atomic mass is 9.67. The summed E-state index contributed by atoms with van der Waals surface area (Å²) in [5.74, 6) is -0.392. The molecule has 0 bridgehead atoms. The minimum absolute atomic E-state index is 0.201. The Morgan fingerprint density at radius 1 is 1.12 bits per heavy atom. The number of aliphatic hydroxyl groups is 2. The first-order valence-electron chi connectivity index (χ1n) is 11.7. The standard InChI is InChI=1S/C25H38N2O7/c1-15-17-16(18(29)24(6,32)25(15)9-10-25)13-23(5,14-28)19(17)33-20(30)26(7)11-12-27(8)21(31)34-22(2,3)4/h13,19,28,32H,9-12,14H2,1-8H3. The summed E-state index contributed by atoms with van der Waals surface area (Å²) in [7, 11) is 3.15. The van der Waals surface area contributed by atoms with Gasteiger partial charge in [-0.25, -0.2) is 9.59 Å². The van der Waals surface area contributed by atoms with Crippen molar-refractivity contribution in [1.82, 2.24) is 9.80 Å². The Labute approximate surface area is 201 Å². The fourth-order valence-electron chi connectivity index (χ4n) is 4.97. The summed E-state index contributed by atoms with van der Waals surface area (Å²) in [6.45, 7) is 10.6. The molecule has 0 radical (unpaired) electrons. The Bertz CT molecular complexity index is 955. The molecule has 9 nitrogen and oxygen atoms in total. The quantitative estimate of drug-likeness (QED) is 0.624. The average molecular weight is 479 g/mol. The third-order valence-electron chi connectivity index (χ3n) is 7.46. The summed E-state index contributed by atoms with van der Waals surface area (Å²) in [6.07, 6.45) is 1.01. The van der Waals surface area contributed by atoms with Crippen LogP contribution < -0.4 is 0 Å². The van der Waals surface area contributed by atoms with Crippen LogP contribution in [-0.4, -0.2) is 89.1 Å². The topological polar surface area (TPSA) is 117 Å². The largest absolute Gasteiger partial charge is 0.444 e. The number of carbonyl (C=O) groups excluding carboxylic acids is 3. The van der Waals surface area contributed by atoms with Gasteiger partial charge >= 0.3 is 12.2 Å². The van der Waals surface area contributed by atoms with Crippen molar-refractivity contribution in [3.8, 4) is 0 Å². The second-order valence-corrected chi connectivity index (χ2v) is 11.3. The molecule has 2 N–H and O–H groups in total. The van der Waals surface area contributed by atoms with E-state index in [9.17, 15) is 24.6 Å². The number of rotatable bonds is 5. The molecule has 0 aromatic carbocycles. The van der Waals surface area contributed by atoms with Crippen molar-refractivity contribution in [3.05, 3.63) is 22.8 Å². The Kier molecular flexibility index (Phi) is 6.46. The molecule has 34 heavy (non-hydrogen) atoms. The molecule has 3 aliphatic rings. The predicted octanol–water partition coefficient (Wildman–Crippen LogP) is 2.66. The minimum atomic E-state index is -1.52. The lowest BCUT2D eigenvalue weighted by Crippen LogP contribution is -2.50. The average Bonchev–Trinajstić information content (AvgIpc) is 3.50. The molecular weight excluding hydrogens is 440 g/mol. The number of likely N-dealkylation sites (N-methyl/N-ethyl adjacent to an activating group) is 2. The first-order chi connectivity index (χ1) is 15.5. The second-order valence-electron chi connectivity index (χ2n) is 11.3. The van der Waals surface area contributed by atoms with Crippen LogP contribution in [0.5, 0.6) is 0 Å². The van der Waals surface area contributed by atoms with Gasteiger partial charge in [0.1, 0.15) is 17.3 Å². The van der Waals surface area contributed by atoms with Gasteiger partial charge in [0.2, 0.25) is 0 Å². The first kappa shape index (κ1) is 26.2. The molecule has 0 aromatic rings. The Hall–Kier alpha value is -2.39. The van der Waals surface area contributed by atoms with Crippen LogP contribution in [0.4, 0.5) is 9.59 Å². The molecule has 2 amide bonds. The van der Waals surface area contributed by atoms with Crippen molar-refractivity contribution in [2.45, 2.75) is 71.7 Å². The molecule has 3 aliphatic carbocycles. The molecule has 190 valence electrons. The van der Waals surface area contributed by atoms with Crippen molar-refractivity contribution in [3.63, 3.8) is 0 Å². The minimum Gasteiger partial charge on any atom is -0.444 e. The molecule has 3 unspecified atom stereocenters. The van der Waals surface area contributed by atoms with E-state index in [1.54, 1.807) is 54.8 Å². The number of amides is 2. The van der Waals surface area contributed by atoms with Crippen molar-refractivity contribution < 1.29 is 34.1 Å². The molecule has 1 fully saturated rings. The van der Waals surface area contributed by atoms with Gasteiger partial charge in [-0.1, -0.05) is 11.6 Å². The molecule has 1 spiro atoms. The van der Waals surface area contributed by atoms with Gasteiger partial charge < -0.3 is 29.5 Å². The Morgan fingerprint density at radius 3 is 2.12 bits per heavy atom. The van der Waals surface area contributed by atoms with Crippen LogP contribution >= 0.6 is 0 Å². The van der Waals surface area contributed by atoms with E-state index >= 15 is 0 Å². The van der Waals surface area contributed by atoms with E-state index in [2.05, 4.69) is 0 Å². The number of aliphatic hydroxyl groups excluding tert-OH is 1. The van der Waals surface area contributed by atoms with E-state index < -0.39 is 46.1 Å². The van der Waals surface area contributed by atoms with Crippen molar-refractivity contribution in [2.75, 3.05) is 33.8 Å². The molecule has 3 rings (SSSR count). The maximum absolute atomic E-state index is 13.2. The molecule has 1 saturated carbocycles. The number of nitrogens with zero attached hydrogens (tertiary/aromatic N) is 2. The van der Waals surface area contributed by atoms with E-state index in [4.69, 9.17) is 9.47 Å². The van der Waals surface area contributed by atoms with Gasteiger partial charge in [0, 0.05) is 43.7 Å². The maximum atomic E-state index is 13.2. The zero-order valence-electron chi connectivity index (χ0n) is 21.5. The highest BCUT2D eigenvalue weighted by Crippen LogP contribution is 2.65. The predicted molar refractivity (Wildman–Crippen MR) is 125 cm³/mol. The van der Waals surface area contributed by atoms with Gasteiger partial charge in [-0.3, -0.25) is 4.79 Å². The number of hydrogen-bond donors (Lipinski definition) is 2. The van der Waals surface area contributed by atoms with Crippen LogP contribution in [0.15, 0.2) is 22.8 Å². The fourth-order valence-corrected chi connectivity index (χ4v) is 4.97. The van der Waals surface area contributed by atoms with Gasteiger partial charge in [0.05, 0.1) is 12.0 Å². The first-order valence-corrected chi connectivity index (χ1v) is 11.7. The molecular formula is C25H38N2O7. The van der Waals surface area contributed by atoms with E-state index in [-0.39, 0.29) is 19.7 Å². The van der Waals surface area contributed by atoms with Crippen LogP contribution in [0.25, 0.3) is 0 Å². The summed E-state index contributed by atoms with van der Waals surface area (Å²) in [5, 5.41) is 21.2. The molecule has 0 aromatic heterocycles. The van der Waals surface area contributed by atoms with Crippen LogP contribution in [0, 0.1) is 10.8 Å². The molecule has 0 heterocycles. The highest BCUT2D eigenvalue weighted by molar-refractivity contribution is 6.09. The van der Waals surface area contributed by atoms with E-state index in [1.807, 2.05) is 6.92 Å². The Morgan fingerprint density at radius 2 is 1.65 bits per heavy atom. The second kappa shape index (κ2) is 8.37. The van der Waals surface area contributed by atoms with E-state index in [0.29, 0.717) is 24.0 Å². The smallest absolute Gasteiger partial charge is 0.410 e. The third-order valence-corrected chi connectivity index (χ3v) is 7.46. The van der Waals surface area contributed by atoms with Gasteiger partial charge in [-0.2, -0.15) is 0 Å². The molecule has 9 heteroatoms. The normalized spacial score (nSPS) is 29.5. The van der Waals surface area contributed by atoms with Gasteiger partial charge in [-0.15, -0.1) is 0 Å². The van der Waals surface area contributed by atoms with Crippen LogP contribution in [0.1, 0.15) is 54.4 Å². The number of ketones is 1. The summed E-state index contributed by atoms with van der Waals surface area (Å²) in [5.41, 5.74) is -2.04. The maximum Gasteiger partial charge on any atom is 0.410 e. The fraction of sp³-hybridized carbons (Fsp3) is 0.720. The summed E-state index contributed by atoms with van der Waals surface area (Å²) < 4.78 is 11.2. The molecule has 0 aliphatic heterocycles. The van der Waals surface area contributed by atoms with E-state index in [0.717, 1.165) is 5.57 Å². The SMILES string of the molecule is CC1=C2C(=CC(C)(CO)C2OC(=O)N(C)CCN(C)C(=O)OC(C)(C)C)C(=O)C(C)(O)C12CC2. The number of fused-ring (bicyclic) bond motifs is 1. The third kappa shape index (κ3) is 4.24. The van der Waals surface area contributed by atoms with Crippen LogP contribution in [0.2, 0.25) is 0 Å². The van der Waals surface area contributed by atoms with Crippen LogP contribution in [0.3, 0.4) is 0 Å². The zero-order chi connectivity index (χ0) is 25.9. The molecule has 0 saturated heterocycles. The van der Waals surface area contributed by atoms with E-state index in [1.165, 1.54) is 9.80 Å². The lowest BCUT2D eigenvalue weighted by molar-refractivity contribution is -0.138. The zero-order valence-corrected chi connectivity index (χ0v) is 21.5. The number of hydrogen-bond acceptors (Lipinski definition) is 7. The highest BCUT2D eigenvalue weighted by atomic mass is 16.6. The summed E-state index contributed by atoms with van der Waals surface area (Å²) in [6, 6.07) is 0. The van der Waals surface area contributed by atoms with Crippen molar-refractivity contribution >= 4 is 18.0 Å². The summed E-state index contributed by atoms with van der Waals surface area (Å²) in [4.78, 5) is 41.1. The summed E-state index contributed by atoms with van der Waals surface area (Å²) >= 11 is 0. The lowest BCUT2D eigenvalue weighted by Gasteiger charge is -2.40. The molecule has 3 atom stereocenters. The van der Waals surface area contributed by atoms with Gasteiger partial charge in [-0.05, 0) is 54.4 Å². The Balaban J connectivity index is 1.76. The van der Waals surface area contributed by atoms with Crippen LogP contribution in [-0.2, 0) is 14.3 Å². The number of ether oxygens (including phenoxy) is 2. The monoisotopic (exact) mass is 478 g/mol. The number of carbonyl (C=O) groups is 3. The number of Topliss-reactive ketones (excluding diaryl/α,β-unsaturated/α-hetero) is 1.